The molecule has 8 nitrogen and oxygen atoms in total. The molecule has 10 heteroatoms. The second-order valence-corrected chi connectivity index (χ2v) is 9.48. The maximum Gasteiger partial charge on any atom is 0.213 e. The first-order valence-corrected chi connectivity index (χ1v) is 11.8. The van der Waals surface area contributed by atoms with Crippen molar-refractivity contribution in [2.24, 2.45) is 10.9 Å². The Morgan fingerprint density at radius 1 is 1.24 bits per heavy atom. The van der Waals surface area contributed by atoms with Crippen LogP contribution in [0.5, 0.6) is 0 Å². The van der Waals surface area contributed by atoms with Gasteiger partial charge in [0, 0.05) is 45.5 Å². The zero-order valence-electron chi connectivity index (χ0n) is 17.0. The van der Waals surface area contributed by atoms with Gasteiger partial charge in [-0.2, -0.15) is 0 Å². The van der Waals surface area contributed by atoms with Crippen LogP contribution in [0.2, 0.25) is 0 Å². The van der Waals surface area contributed by atoms with Crippen molar-refractivity contribution in [1.29, 1.82) is 0 Å². The van der Waals surface area contributed by atoms with Crippen molar-refractivity contribution in [3.8, 4) is 0 Å². The largest absolute Gasteiger partial charge is 0.356 e. The van der Waals surface area contributed by atoms with Gasteiger partial charge in [0.05, 0.1) is 5.75 Å². The molecule has 0 amide bonds. The molecule has 2 fully saturated rings. The number of anilines is 1. The number of aliphatic imine (C=N–C) groups is 1. The van der Waals surface area contributed by atoms with Gasteiger partial charge in [-0.15, -0.1) is 24.0 Å². The van der Waals surface area contributed by atoms with Gasteiger partial charge in [0.25, 0.3) is 0 Å². The molecule has 3 rings (SSSR count). The highest BCUT2D eigenvalue weighted by Crippen LogP contribution is 2.25. The van der Waals surface area contributed by atoms with Crippen LogP contribution < -0.4 is 20.3 Å². The van der Waals surface area contributed by atoms with Gasteiger partial charge in [-0.25, -0.2) is 18.1 Å². The topological polar surface area (TPSA) is 98.7 Å². The molecule has 1 aromatic heterocycles. The zero-order chi connectivity index (χ0) is 19.8. The molecule has 1 aromatic rings. The molecule has 0 atom stereocenters. The molecule has 3 N–H and O–H groups in total. The lowest BCUT2D eigenvalue weighted by atomic mass is 9.86. The third-order valence-electron chi connectivity index (χ3n) is 5.51. The lowest BCUT2D eigenvalue weighted by Gasteiger charge is -2.33. The van der Waals surface area contributed by atoms with Gasteiger partial charge in [-0.3, -0.25) is 4.99 Å². The monoisotopic (exact) mass is 536 g/mol. The number of pyridine rings is 1. The fraction of sp³-hybridized carbons (Fsp3) is 0.684. The minimum absolute atomic E-state index is 0. The normalized spacial score (nSPS) is 18.7. The molecular weight excluding hydrogens is 503 g/mol. The standard InChI is InChI=1S/C19H32N6O2S.HI/c1-20-19(22-11-14-28(26,27)23-15-16-5-4-6-16)24-17-8-12-25(13-9-17)18-7-2-3-10-21-18;/h2-3,7,10,16-17,23H,4-6,8-9,11-15H2,1H3,(H2,20,22,24);1H. The Bertz CT molecular complexity index is 734. The second kappa shape index (κ2) is 11.9. The van der Waals surface area contributed by atoms with E-state index in [2.05, 4.69) is 30.2 Å². The average molecular weight is 536 g/mol. The molecule has 1 saturated carbocycles. The summed E-state index contributed by atoms with van der Waals surface area (Å²) in [4.78, 5) is 10.9. The summed E-state index contributed by atoms with van der Waals surface area (Å²) in [6.07, 6.45) is 7.28. The third-order valence-corrected chi connectivity index (χ3v) is 6.86. The second-order valence-electron chi connectivity index (χ2n) is 7.56. The molecule has 1 aliphatic heterocycles. The Morgan fingerprint density at radius 2 is 2.00 bits per heavy atom. The summed E-state index contributed by atoms with van der Waals surface area (Å²) < 4.78 is 26.9. The van der Waals surface area contributed by atoms with E-state index < -0.39 is 10.0 Å². The maximum atomic E-state index is 12.1. The van der Waals surface area contributed by atoms with Crippen LogP contribution in [-0.2, 0) is 10.0 Å². The Labute approximate surface area is 191 Å². The first-order chi connectivity index (χ1) is 13.6. The van der Waals surface area contributed by atoms with Crippen LogP contribution in [0.15, 0.2) is 29.4 Å². The molecule has 0 radical (unpaired) electrons. The van der Waals surface area contributed by atoms with E-state index in [1.54, 1.807) is 7.05 Å². The summed E-state index contributed by atoms with van der Waals surface area (Å²) in [6, 6.07) is 6.29. The van der Waals surface area contributed by atoms with E-state index >= 15 is 0 Å². The van der Waals surface area contributed by atoms with Crippen LogP contribution in [0.1, 0.15) is 32.1 Å². The van der Waals surface area contributed by atoms with Crippen LogP contribution in [0, 0.1) is 5.92 Å². The van der Waals surface area contributed by atoms with Crippen LogP contribution in [-0.4, -0.2) is 64.4 Å². The van der Waals surface area contributed by atoms with Crippen LogP contribution >= 0.6 is 24.0 Å². The Balaban J connectivity index is 0.00000300. The number of hydrogen-bond donors (Lipinski definition) is 3. The first-order valence-electron chi connectivity index (χ1n) is 10.2. The zero-order valence-corrected chi connectivity index (χ0v) is 20.2. The molecule has 0 unspecified atom stereocenters. The molecule has 0 aromatic carbocycles. The highest BCUT2D eigenvalue weighted by Gasteiger charge is 2.22. The van der Waals surface area contributed by atoms with Gasteiger partial charge in [0.1, 0.15) is 5.82 Å². The first kappa shape index (κ1) is 24.1. The van der Waals surface area contributed by atoms with Gasteiger partial charge in [-0.05, 0) is 43.7 Å². The predicted octanol–water partition coefficient (Wildman–Crippen LogP) is 1.55. The number of halogens is 1. The number of aromatic nitrogens is 1. The molecule has 2 heterocycles. The molecule has 0 spiro atoms. The van der Waals surface area contributed by atoms with Crippen molar-refractivity contribution in [2.75, 3.05) is 43.9 Å². The van der Waals surface area contributed by atoms with E-state index in [9.17, 15) is 8.42 Å². The van der Waals surface area contributed by atoms with Crippen molar-refractivity contribution in [3.63, 3.8) is 0 Å². The van der Waals surface area contributed by atoms with Crippen molar-refractivity contribution in [2.45, 2.75) is 38.1 Å². The minimum Gasteiger partial charge on any atom is -0.356 e. The fourth-order valence-corrected chi connectivity index (χ4v) is 4.50. The lowest BCUT2D eigenvalue weighted by Crippen LogP contribution is -2.49. The Morgan fingerprint density at radius 3 is 2.59 bits per heavy atom. The van der Waals surface area contributed by atoms with E-state index in [1.165, 1.54) is 6.42 Å². The molecule has 1 saturated heterocycles. The molecular formula is C19H33IN6O2S. The summed E-state index contributed by atoms with van der Waals surface area (Å²) >= 11 is 0. The van der Waals surface area contributed by atoms with Crippen molar-refractivity contribution >= 4 is 45.8 Å². The molecule has 2 aliphatic rings. The number of sulfonamides is 1. The van der Waals surface area contributed by atoms with Gasteiger partial charge in [0.2, 0.25) is 10.0 Å². The summed E-state index contributed by atoms with van der Waals surface area (Å²) in [5, 5.41) is 6.53. The van der Waals surface area contributed by atoms with E-state index in [1.807, 2.05) is 24.4 Å². The highest BCUT2D eigenvalue weighted by atomic mass is 127. The van der Waals surface area contributed by atoms with Gasteiger partial charge >= 0.3 is 0 Å². The van der Waals surface area contributed by atoms with Crippen LogP contribution in [0.3, 0.4) is 0 Å². The number of hydrogen-bond acceptors (Lipinski definition) is 5. The number of guanidine groups is 1. The Hall–Kier alpha value is -1.14. The summed E-state index contributed by atoms with van der Waals surface area (Å²) in [7, 11) is -1.53. The molecule has 29 heavy (non-hydrogen) atoms. The van der Waals surface area contributed by atoms with E-state index in [-0.39, 0.29) is 29.7 Å². The SMILES string of the molecule is CN=C(NCCS(=O)(=O)NCC1CCC1)NC1CCN(c2ccccn2)CC1.I. The van der Waals surface area contributed by atoms with Crippen molar-refractivity contribution in [3.05, 3.63) is 24.4 Å². The molecule has 1 aliphatic carbocycles. The number of piperidine rings is 1. The number of nitrogens with zero attached hydrogens (tertiary/aromatic N) is 3. The maximum absolute atomic E-state index is 12.1. The van der Waals surface area contributed by atoms with Gasteiger partial charge < -0.3 is 15.5 Å². The average Bonchev–Trinajstić information content (AvgIpc) is 2.67. The fourth-order valence-electron chi connectivity index (χ4n) is 3.50. The lowest BCUT2D eigenvalue weighted by molar-refractivity contribution is 0.316. The van der Waals surface area contributed by atoms with E-state index in [4.69, 9.17) is 0 Å². The summed E-state index contributed by atoms with van der Waals surface area (Å²) in [5.74, 6) is 2.25. The van der Waals surface area contributed by atoms with Crippen LogP contribution in [0.4, 0.5) is 5.82 Å². The van der Waals surface area contributed by atoms with Crippen LogP contribution in [0.25, 0.3) is 0 Å². The summed E-state index contributed by atoms with van der Waals surface area (Å²) in [6.45, 7) is 2.78. The van der Waals surface area contributed by atoms with E-state index in [0.29, 0.717) is 31.0 Å². The highest BCUT2D eigenvalue weighted by molar-refractivity contribution is 14.0. The quantitative estimate of drug-likeness (QED) is 0.265. The Kier molecular flexibility index (Phi) is 9.90. The molecule has 164 valence electrons. The third kappa shape index (κ3) is 7.89. The van der Waals surface area contributed by atoms with E-state index in [0.717, 1.165) is 44.6 Å². The minimum atomic E-state index is -3.24. The molecule has 0 bridgehead atoms. The predicted molar refractivity (Wildman–Crippen MR) is 129 cm³/mol. The van der Waals surface area contributed by atoms with Crippen molar-refractivity contribution < 1.29 is 8.42 Å². The number of nitrogens with one attached hydrogen (secondary N) is 3. The van der Waals surface area contributed by atoms with Gasteiger partial charge in [0.15, 0.2) is 5.96 Å². The van der Waals surface area contributed by atoms with Crippen molar-refractivity contribution in [1.82, 2.24) is 20.3 Å². The van der Waals surface area contributed by atoms with Gasteiger partial charge in [-0.1, -0.05) is 12.5 Å². The smallest absolute Gasteiger partial charge is 0.213 e. The number of rotatable bonds is 8. The summed E-state index contributed by atoms with van der Waals surface area (Å²) in [5.41, 5.74) is 0.